The Labute approximate surface area is 103 Å². The minimum atomic E-state index is 0.623. The van der Waals surface area contributed by atoms with E-state index in [-0.39, 0.29) is 0 Å². The van der Waals surface area contributed by atoms with Crippen LogP contribution in [0.1, 0.15) is 65.7 Å². The van der Waals surface area contributed by atoms with E-state index in [0.29, 0.717) is 6.04 Å². The van der Waals surface area contributed by atoms with E-state index in [1.54, 1.807) is 0 Å². The zero-order chi connectivity index (χ0) is 12.2. The lowest BCUT2D eigenvalue weighted by atomic mass is 10.1. The Morgan fingerprint density at radius 3 is 1.75 bits per heavy atom. The van der Waals surface area contributed by atoms with E-state index in [4.69, 9.17) is 5.73 Å². The first-order valence-corrected chi connectivity index (χ1v) is 7.24. The molecule has 0 heterocycles. The van der Waals surface area contributed by atoms with Gasteiger partial charge in [-0.1, -0.05) is 46.5 Å². The van der Waals surface area contributed by atoms with Gasteiger partial charge in [-0.15, -0.1) is 0 Å². The largest absolute Gasteiger partial charge is 0.329 e. The molecule has 2 heteroatoms. The standard InChI is InChI=1S/C14H32N2/c1-4-7-10-14(13-15)16(11-8-5-2)12-9-6-3/h14H,4-13,15H2,1-3H3. The number of unbranched alkanes of at least 4 members (excludes halogenated alkanes) is 3. The van der Waals surface area contributed by atoms with Crippen molar-refractivity contribution < 1.29 is 0 Å². The summed E-state index contributed by atoms with van der Waals surface area (Å²) in [6, 6.07) is 0.623. The molecule has 0 aliphatic carbocycles. The summed E-state index contributed by atoms with van der Waals surface area (Å²) in [6.07, 6.45) is 9.07. The molecule has 0 saturated heterocycles. The molecule has 98 valence electrons. The Bertz CT molecular complexity index is 129. The molecule has 0 aliphatic rings. The van der Waals surface area contributed by atoms with Crippen molar-refractivity contribution in [3.8, 4) is 0 Å². The van der Waals surface area contributed by atoms with Gasteiger partial charge in [0, 0.05) is 12.6 Å². The van der Waals surface area contributed by atoms with Gasteiger partial charge in [0.2, 0.25) is 0 Å². The summed E-state index contributed by atoms with van der Waals surface area (Å²) in [6.45, 7) is 10.1. The average Bonchev–Trinajstić information content (AvgIpc) is 2.32. The maximum Gasteiger partial charge on any atom is 0.0218 e. The Morgan fingerprint density at radius 2 is 1.38 bits per heavy atom. The molecule has 0 aromatic rings. The smallest absolute Gasteiger partial charge is 0.0218 e. The van der Waals surface area contributed by atoms with Crippen molar-refractivity contribution in [3.05, 3.63) is 0 Å². The van der Waals surface area contributed by atoms with Crippen molar-refractivity contribution in [2.45, 2.75) is 71.8 Å². The molecule has 0 radical (unpaired) electrons. The van der Waals surface area contributed by atoms with Crippen LogP contribution in [0.25, 0.3) is 0 Å². The quantitative estimate of drug-likeness (QED) is 0.587. The van der Waals surface area contributed by atoms with E-state index >= 15 is 0 Å². The van der Waals surface area contributed by atoms with Gasteiger partial charge in [-0.05, 0) is 32.4 Å². The Hall–Kier alpha value is -0.0800. The van der Waals surface area contributed by atoms with Crippen LogP contribution >= 0.6 is 0 Å². The molecule has 0 fully saturated rings. The van der Waals surface area contributed by atoms with Gasteiger partial charge in [0.1, 0.15) is 0 Å². The minimum Gasteiger partial charge on any atom is -0.329 e. The van der Waals surface area contributed by atoms with E-state index in [0.717, 1.165) is 6.54 Å². The van der Waals surface area contributed by atoms with Gasteiger partial charge >= 0.3 is 0 Å². The molecular formula is C14H32N2. The lowest BCUT2D eigenvalue weighted by Gasteiger charge is -2.31. The van der Waals surface area contributed by atoms with Crippen LogP contribution in [0, 0.1) is 0 Å². The van der Waals surface area contributed by atoms with Gasteiger partial charge < -0.3 is 5.73 Å². The lowest BCUT2D eigenvalue weighted by molar-refractivity contribution is 0.182. The number of hydrogen-bond acceptors (Lipinski definition) is 2. The summed E-state index contributed by atoms with van der Waals surface area (Å²) in [5.41, 5.74) is 5.92. The highest BCUT2D eigenvalue weighted by Gasteiger charge is 2.15. The van der Waals surface area contributed by atoms with Crippen molar-refractivity contribution in [3.63, 3.8) is 0 Å². The number of rotatable bonds is 11. The predicted octanol–water partition coefficient (Wildman–Crippen LogP) is 3.41. The Balaban J connectivity index is 4.06. The second-order valence-electron chi connectivity index (χ2n) is 4.77. The van der Waals surface area contributed by atoms with Crippen LogP contribution < -0.4 is 5.73 Å². The molecule has 2 N–H and O–H groups in total. The summed E-state index contributed by atoms with van der Waals surface area (Å²) in [7, 11) is 0. The molecule has 0 saturated carbocycles. The van der Waals surface area contributed by atoms with E-state index in [2.05, 4.69) is 25.7 Å². The predicted molar refractivity (Wildman–Crippen MR) is 73.8 cm³/mol. The minimum absolute atomic E-state index is 0.623. The van der Waals surface area contributed by atoms with Crippen LogP contribution in [0.2, 0.25) is 0 Å². The summed E-state index contributed by atoms with van der Waals surface area (Å²) in [4.78, 5) is 2.63. The molecule has 1 atom stereocenters. The van der Waals surface area contributed by atoms with Crippen molar-refractivity contribution >= 4 is 0 Å². The highest BCUT2D eigenvalue weighted by atomic mass is 15.2. The van der Waals surface area contributed by atoms with Crippen LogP contribution in [-0.2, 0) is 0 Å². The SMILES string of the molecule is CCCCC(CN)N(CCCC)CCCC. The van der Waals surface area contributed by atoms with Crippen molar-refractivity contribution in [1.82, 2.24) is 4.90 Å². The van der Waals surface area contributed by atoms with Gasteiger partial charge in [0.05, 0.1) is 0 Å². The van der Waals surface area contributed by atoms with Gasteiger partial charge in [-0.2, -0.15) is 0 Å². The lowest BCUT2D eigenvalue weighted by Crippen LogP contribution is -2.41. The van der Waals surface area contributed by atoms with Gasteiger partial charge in [-0.3, -0.25) is 4.90 Å². The first-order chi connectivity index (χ1) is 7.79. The third kappa shape index (κ3) is 7.24. The highest BCUT2D eigenvalue weighted by molar-refractivity contribution is 4.72. The summed E-state index contributed by atoms with van der Waals surface area (Å²) < 4.78 is 0. The zero-order valence-electron chi connectivity index (χ0n) is 11.7. The number of nitrogens with zero attached hydrogens (tertiary/aromatic N) is 1. The monoisotopic (exact) mass is 228 g/mol. The van der Waals surface area contributed by atoms with Crippen LogP contribution in [0.15, 0.2) is 0 Å². The van der Waals surface area contributed by atoms with Crippen LogP contribution in [-0.4, -0.2) is 30.6 Å². The zero-order valence-corrected chi connectivity index (χ0v) is 11.7. The molecule has 1 unspecified atom stereocenters. The normalized spacial score (nSPS) is 13.3. The third-order valence-electron chi connectivity index (χ3n) is 3.28. The molecular weight excluding hydrogens is 196 g/mol. The van der Waals surface area contributed by atoms with Crippen LogP contribution in [0.5, 0.6) is 0 Å². The number of hydrogen-bond donors (Lipinski definition) is 1. The second-order valence-corrected chi connectivity index (χ2v) is 4.77. The third-order valence-corrected chi connectivity index (χ3v) is 3.28. The van der Waals surface area contributed by atoms with Crippen molar-refractivity contribution in [2.75, 3.05) is 19.6 Å². The maximum atomic E-state index is 5.92. The maximum absolute atomic E-state index is 5.92. The molecule has 0 bridgehead atoms. The first kappa shape index (κ1) is 15.9. The topological polar surface area (TPSA) is 29.3 Å². The van der Waals surface area contributed by atoms with E-state index in [1.165, 1.54) is 58.0 Å². The molecule has 0 rings (SSSR count). The first-order valence-electron chi connectivity index (χ1n) is 7.24. The molecule has 0 spiro atoms. The molecule has 0 amide bonds. The van der Waals surface area contributed by atoms with E-state index in [9.17, 15) is 0 Å². The van der Waals surface area contributed by atoms with E-state index in [1.807, 2.05) is 0 Å². The van der Waals surface area contributed by atoms with Gasteiger partial charge in [0.15, 0.2) is 0 Å². The molecule has 16 heavy (non-hydrogen) atoms. The highest BCUT2D eigenvalue weighted by Crippen LogP contribution is 2.10. The molecule has 0 aliphatic heterocycles. The van der Waals surface area contributed by atoms with Crippen LogP contribution in [0.4, 0.5) is 0 Å². The fraction of sp³-hybridized carbons (Fsp3) is 1.00. The van der Waals surface area contributed by atoms with E-state index < -0.39 is 0 Å². The molecule has 2 nitrogen and oxygen atoms in total. The number of nitrogens with two attached hydrogens (primary N) is 1. The Morgan fingerprint density at radius 1 is 0.875 bits per heavy atom. The average molecular weight is 228 g/mol. The summed E-state index contributed by atoms with van der Waals surface area (Å²) >= 11 is 0. The van der Waals surface area contributed by atoms with Crippen molar-refractivity contribution in [1.29, 1.82) is 0 Å². The second kappa shape index (κ2) is 11.4. The molecule has 0 aromatic carbocycles. The fourth-order valence-electron chi connectivity index (χ4n) is 2.09. The van der Waals surface area contributed by atoms with Crippen molar-refractivity contribution in [2.24, 2.45) is 5.73 Å². The van der Waals surface area contributed by atoms with Gasteiger partial charge in [0.25, 0.3) is 0 Å². The summed E-state index contributed by atoms with van der Waals surface area (Å²) in [5, 5.41) is 0. The fourth-order valence-corrected chi connectivity index (χ4v) is 2.09. The Kier molecular flexibility index (Phi) is 11.3. The van der Waals surface area contributed by atoms with Gasteiger partial charge in [-0.25, -0.2) is 0 Å². The van der Waals surface area contributed by atoms with Crippen LogP contribution in [0.3, 0.4) is 0 Å². The molecule has 0 aromatic heterocycles. The summed E-state index contributed by atoms with van der Waals surface area (Å²) in [5.74, 6) is 0.